The van der Waals surface area contributed by atoms with Crippen LogP contribution >= 0.6 is 0 Å². The third kappa shape index (κ3) is 4.25. The summed E-state index contributed by atoms with van der Waals surface area (Å²) in [4.78, 5) is 16.7. The molecule has 0 spiro atoms. The number of carbonyl (C=O) groups excluding carboxylic acids is 1. The second kappa shape index (κ2) is 8.98. The Labute approximate surface area is 194 Å². The number of nitrogens with zero attached hydrogens (tertiary/aromatic N) is 2. The van der Waals surface area contributed by atoms with Crippen LogP contribution in [-0.2, 0) is 16.6 Å². The van der Waals surface area contributed by atoms with Crippen LogP contribution in [0.15, 0.2) is 78.0 Å². The summed E-state index contributed by atoms with van der Waals surface area (Å²) >= 11 is 0. The molecule has 1 aromatic heterocycles. The Bertz CT molecular complexity index is 1240. The second-order valence-electron chi connectivity index (χ2n) is 8.81. The minimum Gasteiger partial charge on any atom is -0.348 e. The van der Waals surface area contributed by atoms with Crippen LogP contribution in [0.2, 0.25) is 0 Å². The molecule has 1 unspecified atom stereocenters. The van der Waals surface area contributed by atoms with Gasteiger partial charge in [0.15, 0.2) is 0 Å². The van der Waals surface area contributed by atoms with Crippen LogP contribution in [-0.4, -0.2) is 25.9 Å². The van der Waals surface area contributed by atoms with E-state index in [0.29, 0.717) is 24.6 Å². The van der Waals surface area contributed by atoms with E-state index in [9.17, 15) is 13.2 Å². The smallest absolute Gasteiger partial charge is 0.264 e. The van der Waals surface area contributed by atoms with Gasteiger partial charge in [0, 0.05) is 37.0 Å². The van der Waals surface area contributed by atoms with E-state index in [1.54, 1.807) is 28.8 Å². The number of anilines is 1. The fourth-order valence-corrected chi connectivity index (χ4v) is 6.60. The average Bonchev–Trinajstić information content (AvgIpc) is 3.51. The van der Waals surface area contributed by atoms with Crippen LogP contribution in [0.25, 0.3) is 0 Å². The molecule has 0 saturated heterocycles. The molecule has 1 saturated carbocycles. The van der Waals surface area contributed by atoms with Crippen molar-refractivity contribution in [3.8, 4) is 0 Å². The summed E-state index contributed by atoms with van der Waals surface area (Å²) in [5.74, 6) is 0.531. The van der Waals surface area contributed by atoms with Crippen LogP contribution in [0.4, 0.5) is 5.69 Å². The van der Waals surface area contributed by atoms with E-state index in [0.717, 1.165) is 29.7 Å². The van der Waals surface area contributed by atoms with Gasteiger partial charge in [0.2, 0.25) is 0 Å². The number of nitrogens with one attached hydrogen (secondary N) is 1. The molecule has 7 heteroatoms. The average molecular weight is 462 g/mol. The monoisotopic (exact) mass is 461 g/mol. The van der Waals surface area contributed by atoms with E-state index in [1.807, 2.05) is 30.3 Å². The number of hydrogen-bond donors (Lipinski definition) is 1. The van der Waals surface area contributed by atoms with E-state index in [1.165, 1.54) is 25.0 Å². The quantitative estimate of drug-likeness (QED) is 0.586. The molecule has 1 atom stereocenters. The SMILES string of the molecule is O=C(NCc1cccnc1)c1ccc(S(=O)(=O)N2CC(C3CCCC3)c3ccccc32)cc1. The van der Waals surface area contributed by atoms with Crippen molar-refractivity contribution in [3.63, 3.8) is 0 Å². The van der Waals surface area contributed by atoms with Crippen molar-refractivity contribution in [2.24, 2.45) is 5.92 Å². The lowest BCUT2D eigenvalue weighted by molar-refractivity contribution is 0.0951. The number of sulfonamides is 1. The molecule has 1 aliphatic heterocycles. The van der Waals surface area contributed by atoms with Gasteiger partial charge in [0.05, 0.1) is 10.6 Å². The minimum atomic E-state index is -3.72. The van der Waals surface area contributed by atoms with Crippen LogP contribution < -0.4 is 9.62 Å². The number of pyridine rings is 1. The zero-order valence-electron chi connectivity index (χ0n) is 18.4. The van der Waals surface area contributed by atoms with Crippen molar-refractivity contribution in [1.82, 2.24) is 10.3 Å². The second-order valence-corrected chi connectivity index (χ2v) is 10.7. The Morgan fingerprint density at radius 3 is 2.48 bits per heavy atom. The standard InChI is InChI=1S/C26H27N3O3S/c30-26(28-17-19-6-5-15-27-16-19)21-11-13-22(14-12-21)33(31,32)29-18-24(20-7-1-2-8-20)23-9-3-4-10-25(23)29/h3-6,9-16,20,24H,1-2,7-8,17-18H2,(H,28,30). The number of carbonyl (C=O) groups is 1. The molecule has 6 nitrogen and oxygen atoms in total. The Morgan fingerprint density at radius 1 is 1.00 bits per heavy atom. The van der Waals surface area contributed by atoms with Gasteiger partial charge in [0.25, 0.3) is 15.9 Å². The molecule has 5 rings (SSSR count). The summed E-state index contributed by atoms with van der Waals surface area (Å²) < 4.78 is 28.7. The molecule has 1 aliphatic carbocycles. The fourth-order valence-electron chi connectivity index (χ4n) is 5.09. The molecule has 3 aromatic rings. The van der Waals surface area contributed by atoms with Crippen molar-refractivity contribution in [1.29, 1.82) is 0 Å². The van der Waals surface area contributed by atoms with Gasteiger partial charge in [-0.05, 0) is 66.3 Å². The molecular weight excluding hydrogens is 434 g/mol. The topological polar surface area (TPSA) is 79.4 Å². The molecule has 0 bridgehead atoms. The van der Waals surface area contributed by atoms with Crippen molar-refractivity contribution >= 4 is 21.6 Å². The van der Waals surface area contributed by atoms with E-state index >= 15 is 0 Å². The largest absolute Gasteiger partial charge is 0.348 e. The Balaban J connectivity index is 1.34. The number of amides is 1. The fraction of sp³-hybridized carbons (Fsp3) is 0.308. The number of rotatable bonds is 6. The number of benzene rings is 2. The number of hydrogen-bond acceptors (Lipinski definition) is 4. The first-order chi connectivity index (χ1) is 16.0. The van der Waals surface area contributed by atoms with E-state index in [-0.39, 0.29) is 16.7 Å². The number of para-hydroxylation sites is 1. The van der Waals surface area contributed by atoms with Crippen LogP contribution in [0.1, 0.15) is 53.1 Å². The Hall–Kier alpha value is -3.19. The summed E-state index contributed by atoms with van der Waals surface area (Å²) in [6.07, 6.45) is 8.15. The Kier molecular flexibility index (Phi) is 5.89. The zero-order valence-corrected chi connectivity index (χ0v) is 19.2. The van der Waals surface area contributed by atoms with Gasteiger partial charge in [0.1, 0.15) is 0 Å². The summed E-state index contributed by atoms with van der Waals surface area (Å²) in [6, 6.07) is 17.8. The molecule has 1 amide bonds. The minimum absolute atomic E-state index is 0.202. The van der Waals surface area contributed by atoms with Crippen molar-refractivity contribution in [2.45, 2.75) is 43.0 Å². The third-order valence-electron chi connectivity index (χ3n) is 6.82. The lowest BCUT2D eigenvalue weighted by atomic mass is 9.86. The third-order valence-corrected chi connectivity index (χ3v) is 8.61. The summed E-state index contributed by atoms with van der Waals surface area (Å²) in [5.41, 5.74) is 3.24. The van der Waals surface area contributed by atoms with Gasteiger partial charge in [-0.2, -0.15) is 0 Å². The highest BCUT2D eigenvalue weighted by Crippen LogP contribution is 2.47. The van der Waals surface area contributed by atoms with E-state index < -0.39 is 10.0 Å². The normalized spacial score (nSPS) is 18.3. The maximum Gasteiger partial charge on any atom is 0.264 e. The molecule has 1 fully saturated rings. The molecule has 33 heavy (non-hydrogen) atoms. The Morgan fingerprint density at radius 2 is 1.76 bits per heavy atom. The van der Waals surface area contributed by atoms with Gasteiger partial charge in [-0.3, -0.25) is 14.1 Å². The maximum absolute atomic E-state index is 13.6. The predicted octanol–water partition coefficient (Wildman–Crippen LogP) is 4.49. The number of fused-ring (bicyclic) bond motifs is 1. The molecule has 1 N–H and O–H groups in total. The lowest BCUT2D eigenvalue weighted by Crippen LogP contribution is -2.31. The highest BCUT2D eigenvalue weighted by molar-refractivity contribution is 7.92. The summed E-state index contributed by atoms with van der Waals surface area (Å²) in [5, 5.41) is 2.84. The summed E-state index contributed by atoms with van der Waals surface area (Å²) in [6.45, 7) is 0.847. The lowest BCUT2D eigenvalue weighted by Gasteiger charge is -2.22. The predicted molar refractivity (Wildman–Crippen MR) is 128 cm³/mol. The molecular formula is C26H27N3O3S. The molecule has 2 aliphatic rings. The first-order valence-electron chi connectivity index (χ1n) is 11.4. The summed E-state index contributed by atoms with van der Waals surface area (Å²) in [7, 11) is -3.72. The van der Waals surface area contributed by atoms with Gasteiger partial charge in [-0.15, -0.1) is 0 Å². The molecule has 2 aromatic carbocycles. The first kappa shape index (κ1) is 21.6. The van der Waals surface area contributed by atoms with E-state index in [2.05, 4.69) is 16.4 Å². The zero-order chi connectivity index (χ0) is 22.8. The van der Waals surface area contributed by atoms with Gasteiger partial charge < -0.3 is 5.32 Å². The van der Waals surface area contributed by atoms with Crippen molar-refractivity contribution in [3.05, 3.63) is 89.7 Å². The maximum atomic E-state index is 13.6. The van der Waals surface area contributed by atoms with Crippen molar-refractivity contribution in [2.75, 3.05) is 10.8 Å². The van der Waals surface area contributed by atoms with Gasteiger partial charge >= 0.3 is 0 Å². The highest BCUT2D eigenvalue weighted by atomic mass is 32.2. The van der Waals surface area contributed by atoms with Gasteiger partial charge in [-0.1, -0.05) is 37.1 Å². The van der Waals surface area contributed by atoms with Crippen molar-refractivity contribution < 1.29 is 13.2 Å². The molecule has 2 heterocycles. The first-order valence-corrected chi connectivity index (χ1v) is 12.9. The van der Waals surface area contributed by atoms with E-state index in [4.69, 9.17) is 0 Å². The van der Waals surface area contributed by atoms with Crippen LogP contribution in [0.3, 0.4) is 0 Å². The molecule has 0 radical (unpaired) electrons. The van der Waals surface area contributed by atoms with Gasteiger partial charge in [-0.25, -0.2) is 8.42 Å². The van der Waals surface area contributed by atoms with Crippen LogP contribution in [0, 0.1) is 5.92 Å². The number of aromatic nitrogens is 1. The molecule has 170 valence electrons. The highest BCUT2D eigenvalue weighted by Gasteiger charge is 2.40. The van der Waals surface area contributed by atoms with Crippen LogP contribution in [0.5, 0.6) is 0 Å².